The van der Waals surface area contributed by atoms with E-state index < -0.39 is 0 Å². The van der Waals surface area contributed by atoms with Crippen LogP contribution in [0.5, 0.6) is 0 Å². The lowest BCUT2D eigenvalue weighted by molar-refractivity contribution is 0.0948. The van der Waals surface area contributed by atoms with Gasteiger partial charge < -0.3 is 10.6 Å². The van der Waals surface area contributed by atoms with Gasteiger partial charge in [0.15, 0.2) is 0 Å². The summed E-state index contributed by atoms with van der Waals surface area (Å²) in [5.74, 6) is 1.73. The molecule has 0 aliphatic carbocycles. The van der Waals surface area contributed by atoms with E-state index in [4.69, 9.17) is 0 Å². The van der Waals surface area contributed by atoms with Crippen LogP contribution in [0.1, 0.15) is 43.1 Å². The van der Waals surface area contributed by atoms with Crippen molar-refractivity contribution in [1.29, 1.82) is 0 Å². The molecule has 1 aromatic heterocycles. The summed E-state index contributed by atoms with van der Waals surface area (Å²) in [7, 11) is 0. The van der Waals surface area contributed by atoms with Crippen LogP contribution in [0.4, 0.5) is 5.82 Å². The lowest BCUT2D eigenvalue weighted by atomic mass is 10.2. The number of carbonyl (C=O) groups is 1. The third-order valence-electron chi connectivity index (χ3n) is 3.19. The number of rotatable bonds is 6. The smallest absolute Gasteiger partial charge is 0.271 e. The molecule has 0 spiro atoms. The first-order valence-corrected chi connectivity index (χ1v) is 8.30. The Morgan fingerprint density at radius 2 is 2.35 bits per heavy atom. The lowest BCUT2D eigenvalue weighted by Crippen LogP contribution is -2.32. The fourth-order valence-electron chi connectivity index (χ4n) is 2.08. The van der Waals surface area contributed by atoms with Gasteiger partial charge >= 0.3 is 0 Å². The second kappa shape index (κ2) is 8.09. The lowest BCUT2D eigenvalue weighted by Gasteiger charge is -2.21. The zero-order chi connectivity index (χ0) is 14.2. The van der Waals surface area contributed by atoms with Crippen LogP contribution in [0, 0.1) is 0 Å². The number of amides is 1. The topological polar surface area (TPSA) is 66.9 Å². The summed E-state index contributed by atoms with van der Waals surface area (Å²) >= 11 is 1.95. The molecule has 1 amide bonds. The van der Waals surface area contributed by atoms with Crippen LogP contribution >= 0.6 is 11.8 Å². The fourth-order valence-corrected chi connectivity index (χ4v) is 3.32. The van der Waals surface area contributed by atoms with Crippen molar-refractivity contribution in [3.05, 3.63) is 18.1 Å². The molecule has 0 bridgehead atoms. The van der Waals surface area contributed by atoms with Gasteiger partial charge in [0.1, 0.15) is 11.5 Å². The molecule has 1 aliphatic heterocycles. The molecule has 2 N–H and O–H groups in total. The molecule has 0 radical (unpaired) electrons. The predicted molar refractivity (Wildman–Crippen MR) is 83.2 cm³/mol. The average Bonchev–Trinajstić information content (AvgIpc) is 2.52. The number of anilines is 1. The quantitative estimate of drug-likeness (QED) is 0.843. The maximum atomic E-state index is 12.1. The predicted octanol–water partition coefficient (Wildman–Crippen LogP) is 2.31. The van der Waals surface area contributed by atoms with Gasteiger partial charge in [-0.2, -0.15) is 11.8 Å². The Balaban J connectivity index is 1.84. The standard InChI is InChI=1S/C14H22N4OS/c1-2-6-16-13-10-15-9-12(18-13)14(19)17-8-11-5-3-4-7-20-11/h9-11H,2-8H2,1H3,(H,16,18)(H,17,19). The van der Waals surface area contributed by atoms with Crippen LogP contribution in [-0.2, 0) is 0 Å². The van der Waals surface area contributed by atoms with E-state index in [1.165, 1.54) is 31.2 Å². The van der Waals surface area contributed by atoms with Crippen LogP contribution in [0.2, 0.25) is 0 Å². The highest BCUT2D eigenvalue weighted by atomic mass is 32.2. The van der Waals surface area contributed by atoms with E-state index in [-0.39, 0.29) is 5.91 Å². The molecule has 1 aliphatic rings. The van der Waals surface area contributed by atoms with Crippen molar-refractivity contribution in [3.63, 3.8) is 0 Å². The summed E-state index contributed by atoms with van der Waals surface area (Å²) < 4.78 is 0. The van der Waals surface area contributed by atoms with Crippen LogP contribution < -0.4 is 10.6 Å². The van der Waals surface area contributed by atoms with Gasteiger partial charge in [0, 0.05) is 18.3 Å². The first kappa shape index (κ1) is 15.1. The maximum Gasteiger partial charge on any atom is 0.271 e. The van der Waals surface area contributed by atoms with Gasteiger partial charge in [-0.3, -0.25) is 9.78 Å². The SMILES string of the molecule is CCCNc1cncc(C(=O)NCC2CCCCS2)n1. The van der Waals surface area contributed by atoms with Crippen LogP contribution in [0.25, 0.3) is 0 Å². The first-order valence-electron chi connectivity index (χ1n) is 7.25. The zero-order valence-corrected chi connectivity index (χ0v) is 12.7. The first-order chi connectivity index (χ1) is 9.79. The molecule has 110 valence electrons. The molecule has 6 heteroatoms. The second-order valence-electron chi connectivity index (χ2n) is 4.91. The van der Waals surface area contributed by atoms with Gasteiger partial charge in [0.05, 0.1) is 12.4 Å². The minimum atomic E-state index is -0.135. The number of hydrogen-bond donors (Lipinski definition) is 2. The van der Waals surface area contributed by atoms with Gasteiger partial charge in [-0.25, -0.2) is 4.98 Å². The van der Waals surface area contributed by atoms with Crippen molar-refractivity contribution in [1.82, 2.24) is 15.3 Å². The van der Waals surface area contributed by atoms with Gasteiger partial charge in [-0.15, -0.1) is 0 Å². The third-order valence-corrected chi connectivity index (χ3v) is 4.59. The van der Waals surface area contributed by atoms with Gasteiger partial charge in [-0.05, 0) is 25.0 Å². The largest absolute Gasteiger partial charge is 0.369 e. The fraction of sp³-hybridized carbons (Fsp3) is 0.643. The molecule has 5 nitrogen and oxygen atoms in total. The molecule has 0 aromatic carbocycles. The number of thioether (sulfide) groups is 1. The van der Waals surface area contributed by atoms with E-state index >= 15 is 0 Å². The minimum Gasteiger partial charge on any atom is -0.369 e. The molecule has 0 saturated carbocycles. The Morgan fingerprint density at radius 3 is 3.10 bits per heavy atom. The summed E-state index contributed by atoms with van der Waals surface area (Å²) in [6.45, 7) is 3.63. The number of nitrogens with one attached hydrogen (secondary N) is 2. The van der Waals surface area contributed by atoms with E-state index in [1.54, 1.807) is 6.20 Å². The number of carbonyl (C=O) groups excluding carboxylic acids is 1. The minimum absolute atomic E-state index is 0.135. The molecule has 1 unspecified atom stereocenters. The Labute approximate surface area is 124 Å². The van der Waals surface area contributed by atoms with E-state index in [9.17, 15) is 4.79 Å². The van der Waals surface area contributed by atoms with Crippen molar-refractivity contribution in [2.24, 2.45) is 0 Å². The molecule has 1 aromatic rings. The highest BCUT2D eigenvalue weighted by molar-refractivity contribution is 7.99. The van der Waals surface area contributed by atoms with Crippen molar-refractivity contribution in [2.75, 3.05) is 24.2 Å². The van der Waals surface area contributed by atoms with E-state index in [1.807, 2.05) is 11.8 Å². The average molecular weight is 294 g/mol. The highest BCUT2D eigenvalue weighted by Gasteiger charge is 2.16. The van der Waals surface area contributed by atoms with Crippen molar-refractivity contribution >= 4 is 23.5 Å². The second-order valence-corrected chi connectivity index (χ2v) is 6.32. The van der Waals surface area contributed by atoms with E-state index in [0.29, 0.717) is 16.8 Å². The van der Waals surface area contributed by atoms with E-state index in [0.717, 1.165) is 19.5 Å². The van der Waals surface area contributed by atoms with Crippen molar-refractivity contribution in [2.45, 2.75) is 37.9 Å². The van der Waals surface area contributed by atoms with Crippen LogP contribution in [0.3, 0.4) is 0 Å². The van der Waals surface area contributed by atoms with Gasteiger partial charge in [0.2, 0.25) is 0 Å². The van der Waals surface area contributed by atoms with E-state index in [2.05, 4.69) is 27.5 Å². The summed E-state index contributed by atoms with van der Waals surface area (Å²) in [5.41, 5.74) is 0.381. The number of aromatic nitrogens is 2. The molecule has 20 heavy (non-hydrogen) atoms. The van der Waals surface area contributed by atoms with Crippen LogP contribution in [-0.4, -0.2) is 40.0 Å². The maximum absolute atomic E-state index is 12.1. The molecular weight excluding hydrogens is 272 g/mol. The molecule has 2 rings (SSSR count). The summed E-state index contributed by atoms with van der Waals surface area (Å²) in [6.07, 6.45) is 7.92. The summed E-state index contributed by atoms with van der Waals surface area (Å²) in [6, 6.07) is 0. The third kappa shape index (κ3) is 4.67. The molecule has 1 fully saturated rings. The Kier molecular flexibility index (Phi) is 6.11. The van der Waals surface area contributed by atoms with Gasteiger partial charge in [-0.1, -0.05) is 13.3 Å². The van der Waals surface area contributed by atoms with Gasteiger partial charge in [0.25, 0.3) is 5.91 Å². The summed E-state index contributed by atoms with van der Waals surface area (Å²) in [4.78, 5) is 20.4. The number of hydrogen-bond acceptors (Lipinski definition) is 5. The Bertz CT molecular complexity index is 435. The van der Waals surface area contributed by atoms with Crippen molar-refractivity contribution < 1.29 is 4.79 Å². The Hall–Kier alpha value is -1.30. The Morgan fingerprint density at radius 1 is 1.45 bits per heavy atom. The zero-order valence-electron chi connectivity index (χ0n) is 11.9. The summed E-state index contributed by atoms with van der Waals surface area (Å²) in [5, 5.41) is 6.64. The molecule has 1 saturated heterocycles. The number of nitrogens with zero attached hydrogens (tertiary/aromatic N) is 2. The van der Waals surface area contributed by atoms with Crippen LogP contribution in [0.15, 0.2) is 12.4 Å². The highest BCUT2D eigenvalue weighted by Crippen LogP contribution is 2.24. The normalized spacial score (nSPS) is 18.6. The van der Waals surface area contributed by atoms with Crippen molar-refractivity contribution in [3.8, 4) is 0 Å². The molecular formula is C14H22N4OS. The monoisotopic (exact) mass is 294 g/mol. The molecule has 2 heterocycles. The molecule has 1 atom stereocenters.